The van der Waals surface area contributed by atoms with Gasteiger partial charge in [-0.15, -0.1) is 0 Å². The molecule has 7 heteroatoms. The lowest BCUT2D eigenvalue weighted by Gasteiger charge is -2.12. The Morgan fingerprint density at radius 1 is 1.50 bits per heavy atom. The summed E-state index contributed by atoms with van der Waals surface area (Å²) in [6, 6.07) is 7.16. The van der Waals surface area contributed by atoms with Crippen LogP contribution in [-0.4, -0.2) is 34.1 Å². The smallest absolute Gasteiger partial charge is 0.404 e. The van der Waals surface area contributed by atoms with Gasteiger partial charge in [0.2, 0.25) is 0 Å². The molecule has 0 atom stereocenters. The predicted molar refractivity (Wildman–Crippen MR) is 74.6 cm³/mol. The maximum absolute atomic E-state index is 10.4. The van der Waals surface area contributed by atoms with Crippen molar-refractivity contribution in [3.8, 4) is 17.0 Å². The van der Waals surface area contributed by atoms with Crippen LogP contribution in [0.25, 0.3) is 11.3 Å². The Morgan fingerprint density at radius 2 is 2.30 bits per heavy atom. The number of amides is 1. The van der Waals surface area contributed by atoms with Crippen LogP contribution in [0.1, 0.15) is 0 Å². The summed E-state index contributed by atoms with van der Waals surface area (Å²) in [5.74, 6) is 0.634. The zero-order chi connectivity index (χ0) is 14.5. The van der Waals surface area contributed by atoms with E-state index in [0.717, 1.165) is 11.3 Å². The molecule has 0 aliphatic heterocycles. The third-order valence-corrected chi connectivity index (χ3v) is 2.74. The number of carboxylic acid groups (broad SMARTS) is 1. The Balaban J connectivity index is 2.17. The van der Waals surface area contributed by atoms with Crippen molar-refractivity contribution in [1.29, 1.82) is 0 Å². The molecule has 0 saturated carbocycles. The van der Waals surface area contributed by atoms with Gasteiger partial charge in [0, 0.05) is 24.5 Å². The van der Waals surface area contributed by atoms with E-state index in [1.165, 1.54) is 0 Å². The summed E-state index contributed by atoms with van der Waals surface area (Å²) in [7, 11) is 1.83. The summed E-state index contributed by atoms with van der Waals surface area (Å²) in [4.78, 5) is 10.4. The van der Waals surface area contributed by atoms with Crippen molar-refractivity contribution in [1.82, 2.24) is 15.1 Å². The van der Waals surface area contributed by atoms with E-state index in [1.54, 1.807) is 29.1 Å². The van der Waals surface area contributed by atoms with Gasteiger partial charge in [0.05, 0.1) is 12.2 Å². The number of anilines is 1. The summed E-state index contributed by atoms with van der Waals surface area (Å²) in [6.07, 6.45) is 0.617. The zero-order valence-corrected chi connectivity index (χ0v) is 11.0. The number of hydrogen-bond donors (Lipinski definition) is 3. The predicted octanol–water partition coefficient (Wildman–Crippen LogP) is 1.32. The minimum atomic E-state index is -1.07. The SMILES string of the molecule is Cn1nccc1-c1cc(N)ccc1OCCNC(=O)O. The number of rotatable bonds is 5. The molecule has 0 unspecified atom stereocenters. The van der Waals surface area contributed by atoms with Crippen LogP contribution in [0.4, 0.5) is 10.5 Å². The first kappa shape index (κ1) is 13.7. The molecule has 20 heavy (non-hydrogen) atoms. The van der Waals surface area contributed by atoms with E-state index in [1.807, 2.05) is 13.1 Å². The second-order valence-electron chi connectivity index (χ2n) is 4.18. The third kappa shape index (κ3) is 3.19. The molecule has 4 N–H and O–H groups in total. The van der Waals surface area contributed by atoms with Gasteiger partial charge in [-0.1, -0.05) is 0 Å². The number of nitrogens with one attached hydrogen (secondary N) is 1. The number of aromatic nitrogens is 2. The van der Waals surface area contributed by atoms with Crippen molar-refractivity contribution in [2.75, 3.05) is 18.9 Å². The van der Waals surface area contributed by atoms with Crippen molar-refractivity contribution >= 4 is 11.8 Å². The first-order valence-electron chi connectivity index (χ1n) is 6.05. The summed E-state index contributed by atoms with van der Waals surface area (Å²) in [5, 5.41) is 14.8. The van der Waals surface area contributed by atoms with Crippen LogP contribution in [0.3, 0.4) is 0 Å². The van der Waals surface area contributed by atoms with Crippen molar-refractivity contribution in [3.05, 3.63) is 30.5 Å². The summed E-state index contributed by atoms with van der Waals surface area (Å²) in [5.41, 5.74) is 8.12. The Labute approximate surface area is 116 Å². The number of nitrogen functional groups attached to an aromatic ring is 1. The van der Waals surface area contributed by atoms with Crippen molar-refractivity contribution in [2.24, 2.45) is 7.05 Å². The van der Waals surface area contributed by atoms with Crippen molar-refractivity contribution < 1.29 is 14.6 Å². The molecule has 1 heterocycles. The molecule has 7 nitrogen and oxygen atoms in total. The van der Waals surface area contributed by atoms with E-state index in [9.17, 15) is 4.79 Å². The lowest BCUT2D eigenvalue weighted by atomic mass is 10.1. The molecular formula is C13H16N4O3. The second kappa shape index (κ2) is 5.96. The number of nitrogens with zero attached hydrogens (tertiary/aromatic N) is 2. The monoisotopic (exact) mass is 276 g/mol. The van der Waals surface area contributed by atoms with E-state index in [-0.39, 0.29) is 13.2 Å². The number of benzene rings is 1. The highest BCUT2D eigenvalue weighted by Gasteiger charge is 2.10. The second-order valence-corrected chi connectivity index (χ2v) is 4.18. The van der Waals surface area contributed by atoms with E-state index in [2.05, 4.69) is 10.4 Å². The number of carbonyl (C=O) groups is 1. The normalized spacial score (nSPS) is 10.2. The van der Waals surface area contributed by atoms with Gasteiger partial charge in [-0.05, 0) is 24.3 Å². The van der Waals surface area contributed by atoms with E-state index in [0.29, 0.717) is 11.4 Å². The van der Waals surface area contributed by atoms with Gasteiger partial charge in [0.15, 0.2) is 0 Å². The third-order valence-electron chi connectivity index (χ3n) is 2.74. The van der Waals surface area contributed by atoms with Crippen LogP contribution in [-0.2, 0) is 7.05 Å². The Morgan fingerprint density at radius 3 is 2.95 bits per heavy atom. The first-order valence-corrected chi connectivity index (χ1v) is 6.05. The van der Waals surface area contributed by atoms with Crippen molar-refractivity contribution in [2.45, 2.75) is 0 Å². The molecule has 0 bridgehead atoms. The molecule has 0 aliphatic rings. The maximum Gasteiger partial charge on any atom is 0.404 e. The fraction of sp³-hybridized carbons (Fsp3) is 0.231. The Kier molecular flexibility index (Phi) is 4.09. The van der Waals surface area contributed by atoms with E-state index in [4.69, 9.17) is 15.6 Å². The number of ether oxygens (including phenoxy) is 1. The lowest BCUT2D eigenvalue weighted by Crippen LogP contribution is -2.26. The van der Waals surface area contributed by atoms with Crippen LogP contribution >= 0.6 is 0 Å². The number of hydrogen-bond acceptors (Lipinski definition) is 4. The summed E-state index contributed by atoms with van der Waals surface area (Å²) in [6.45, 7) is 0.450. The fourth-order valence-corrected chi connectivity index (χ4v) is 1.83. The molecular weight excluding hydrogens is 260 g/mol. The molecule has 0 fully saturated rings. The van der Waals surface area contributed by atoms with Crippen LogP contribution < -0.4 is 15.8 Å². The minimum absolute atomic E-state index is 0.213. The average molecular weight is 276 g/mol. The van der Waals surface area contributed by atoms with Crippen LogP contribution in [0.15, 0.2) is 30.5 Å². The molecule has 106 valence electrons. The maximum atomic E-state index is 10.4. The van der Waals surface area contributed by atoms with Gasteiger partial charge in [-0.25, -0.2) is 4.79 Å². The van der Waals surface area contributed by atoms with Gasteiger partial charge in [-0.2, -0.15) is 5.10 Å². The Bertz CT molecular complexity index is 609. The molecule has 0 spiro atoms. The summed E-state index contributed by atoms with van der Waals surface area (Å²) < 4.78 is 7.32. The quantitative estimate of drug-likeness (QED) is 0.564. The first-order chi connectivity index (χ1) is 9.58. The lowest BCUT2D eigenvalue weighted by molar-refractivity contribution is 0.191. The molecule has 0 saturated heterocycles. The molecule has 2 aromatic rings. The minimum Gasteiger partial charge on any atom is -0.491 e. The molecule has 2 rings (SSSR count). The molecule has 1 aromatic carbocycles. The largest absolute Gasteiger partial charge is 0.491 e. The Hall–Kier alpha value is -2.70. The molecule has 1 aromatic heterocycles. The summed E-state index contributed by atoms with van der Waals surface area (Å²) >= 11 is 0. The highest BCUT2D eigenvalue weighted by Crippen LogP contribution is 2.31. The van der Waals surface area contributed by atoms with Gasteiger partial charge < -0.3 is 20.9 Å². The number of nitrogens with two attached hydrogens (primary N) is 1. The molecule has 1 amide bonds. The van der Waals surface area contributed by atoms with Gasteiger partial charge in [0.1, 0.15) is 12.4 Å². The highest BCUT2D eigenvalue weighted by atomic mass is 16.5. The van der Waals surface area contributed by atoms with Gasteiger partial charge >= 0.3 is 6.09 Å². The fourth-order valence-electron chi connectivity index (χ4n) is 1.83. The topological polar surface area (TPSA) is 102 Å². The van der Waals surface area contributed by atoms with Crippen molar-refractivity contribution in [3.63, 3.8) is 0 Å². The standard InChI is InChI=1S/C13H16N4O3/c1-17-11(4-5-16-17)10-8-9(14)2-3-12(10)20-7-6-15-13(18)19/h2-5,8,15H,6-7,14H2,1H3,(H,18,19). The van der Waals surface area contributed by atoms with Crippen LogP contribution in [0.5, 0.6) is 5.75 Å². The van der Waals surface area contributed by atoms with Gasteiger partial charge in [-0.3, -0.25) is 4.68 Å². The van der Waals surface area contributed by atoms with E-state index >= 15 is 0 Å². The zero-order valence-electron chi connectivity index (χ0n) is 11.0. The van der Waals surface area contributed by atoms with Gasteiger partial charge in [0.25, 0.3) is 0 Å². The number of aryl methyl sites for hydroxylation is 1. The van der Waals surface area contributed by atoms with E-state index < -0.39 is 6.09 Å². The average Bonchev–Trinajstić information content (AvgIpc) is 2.82. The molecule has 0 radical (unpaired) electrons. The van der Waals surface area contributed by atoms with Crippen LogP contribution in [0.2, 0.25) is 0 Å². The van der Waals surface area contributed by atoms with Crippen LogP contribution in [0, 0.1) is 0 Å². The molecule has 0 aliphatic carbocycles. The highest BCUT2D eigenvalue weighted by molar-refractivity contribution is 5.71.